The Hall–Kier alpha value is -3.29. The Kier molecular flexibility index (Phi) is 4.46. The molecule has 0 radical (unpaired) electrons. The van der Waals surface area contributed by atoms with Crippen LogP contribution in [0.5, 0.6) is 11.5 Å². The molecule has 3 rings (SSSR count). The summed E-state index contributed by atoms with van der Waals surface area (Å²) in [6.07, 6.45) is 1.18. The molecule has 1 aliphatic heterocycles. The highest BCUT2D eigenvalue weighted by Crippen LogP contribution is 2.32. The number of nitrogens with zero attached hydrogens (tertiary/aromatic N) is 1. The van der Waals surface area contributed by atoms with Crippen LogP contribution in [0.15, 0.2) is 42.6 Å². The first-order valence-corrected chi connectivity index (χ1v) is 7.14. The van der Waals surface area contributed by atoms with Crippen LogP contribution in [0.4, 0.5) is 0 Å². The van der Waals surface area contributed by atoms with Gasteiger partial charge in [-0.2, -0.15) is 4.73 Å². The number of hydrogen-bond acceptors (Lipinski definition) is 6. The molecule has 2 aromatic rings. The van der Waals surface area contributed by atoms with E-state index in [-0.39, 0.29) is 19.0 Å². The molecule has 1 aromatic heterocycles. The largest absolute Gasteiger partial charge is 0.618 e. The Morgan fingerprint density at radius 3 is 2.88 bits per heavy atom. The summed E-state index contributed by atoms with van der Waals surface area (Å²) < 4.78 is 15.6. The summed E-state index contributed by atoms with van der Waals surface area (Å²) in [5, 5.41) is 14.0. The van der Waals surface area contributed by atoms with Gasteiger partial charge in [0.05, 0.1) is 0 Å². The highest BCUT2D eigenvalue weighted by molar-refractivity contribution is 5.88. The minimum absolute atomic E-state index is 0.180. The number of fused-ring (bicyclic) bond motifs is 1. The van der Waals surface area contributed by atoms with E-state index in [9.17, 15) is 14.8 Å². The van der Waals surface area contributed by atoms with Gasteiger partial charge in [-0.15, -0.1) is 0 Å². The van der Waals surface area contributed by atoms with Crippen molar-refractivity contribution in [3.8, 4) is 11.5 Å². The van der Waals surface area contributed by atoms with Gasteiger partial charge >= 0.3 is 11.7 Å². The predicted molar refractivity (Wildman–Crippen MR) is 80.1 cm³/mol. The zero-order valence-electron chi connectivity index (χ0n) is 12.6. The number of pyridine rings is 1. The third-order valence-corrected chi connectivity index (χ3v) is 3.29. The lowest BCUT2D eigenvalue weighted by atomic mass is 10.2. The predicted octanol–water partition coefficient (Wildman–Crippen LogP) is 0.522. The Morgan fingerprint density at radius 1 is 1.21 bits per heavy atom. The van der Waals surface area contributed by atoms with Gasteiger partial charge in [0, 0.05) is 18.7 Å². The van der Waals surface area contributed by atoms with Gasteiger partial charge in [-0.05, 0) is 23.8 Å². The summed E-state index contributed by atoms with van der Waals surface area (Å²) in [6, 6.07) is 9.65. The summed E-state index contributed by atoms with van der Waals surface area (Å²) >= 11 is 0. The zero-order valence-corrected chi connectivity index (χ0v) is 12.6. The Bertz CT molecular complexity index is 777. The van der Waals surface area contributed by atoms with E-state index < -0.39 is 18.5 Å². The van der Waals surface area contributed by atoms with Crippen LogP contribution in [-0.2, 0) is 16.1 Å². The molecule has 0 unspecified atom stereocenters. The van der Waals surface area contributed by atoms with E-state index in [0.29, 0.717) is 16.2 Å². The SMILES string of the molecule is O=C(COC(=O)c1cccc[n+]1[O-])NCc1ccc2c(c1)OCO2. The second-order valence-electron chi connectivity index (χ2n) is 4.95. The highest BCUT2D eigenvalue weighted by Gasteiger charge is 2.18. The van der Waals surface area contributed by atoms with Crippen molar-refractivity contribution in [2.75, 3.05) is 13.4 Å². The maximum atomic E-state index is 11.7. The van der Waals surface area contributed by atoms with Crippen molar-refractivity contribution in [3.63, 3.8) is 0 Å². The van der Waals surface area contributed by atoms with Crippen LogP contribution in [0.3, 0.4) is 0 Å². The molecule has 0 saturated carbocycles. The van der Waals surface area contributed by atoms with Crippen molar-refractivity contribution in [3.05, 3.63) is 59.1 Å². The summed E-state index contributed by atoms with van der Waals surface area (Å²) in [5.41, 5.74) is 0.639. The van der Waals surface area contributed by atoms with Crippen LogP contribution >= 0.6 is 0 Å². The van der Waals surface area contributed by atoms with Gasteiger partial charge < -0.3 is 24.7 Å². The molecular formula is C16H14N2O6. The molecule has 8 nitrogen and oxygen atoms in total. The van der Waals surface area contributed by atoms with E-state index in [2.05, 4.69) is 5.32 Å². The Balaban J connectivity index is 1.48. The Labute approximate surface area is 137 Å². The summed E-state index contributed by atoms with van der Waals surface area (Å²) in [7, 11) is 0. The first-order valence-electron chi connectivity index (χ1n) is 7.14. The monoisotopic (exact) mass is 330 g/mol. The maximum absolute atomic E-state index is 11.7. The average molecular weight is 330 g/mol. The van der Waals surface area contributed by atoms with Gasteiger partial charge in [-0.1, -0.05) is 6.07 Å². The number of rotatable bonds is 5. The van der Waals surface area contributed by atoms with Crippen LogP contribution in [0, 0.1) is 5.21 Å². The lowest BCUT2D eigenvalue weighted by Crippen LogP contribution is -2.36. The molecule has 1 N–H and O–H groups in total. The molecule has 1 aliphatic rings. The second-order valence-corrected chi connectivity index (χ2v) is 4.95. The number of carbonyl (C=O) groups excluding carboxylic acids is 2. The fourth-order valence-electron chi connectivity index (χ4n) is 2.09. The van der Waals surface area contributed by atoms with Crippen molar-refractivity contribution in [1.82, 2.24) is 5.32 Å². The first-order chi connectivity index (χ1) is 11.6. The number of benzene rings is 1. The molecule has 0 bridgehead atoms. The molecule has 8 heteroatoms. The van der Waals surface area contributed by atoms with E-state index in [1.54, 1.807) is 18.2 Å². The fraction of sp³-hybridized carbons (Fsp3) is 0.188. The number of hydrogen-bond donors (Lipinski definition) is 1. The molecule has 0 aliphatic carbocycles. The molecule has 0 saturated heterocycles. The highest BCUT2D eigenvalue weighted by atomic mass is 16.7. The number of nitrogens with one attached hydrogen (secondary N) is 1. The number of carbonyl (C=O) groups is 2. The minimum Gasteiger partial charge on any atom is -0.618 e. The third kappa shape index (κ3) is 3.54. The van der Waals surface area contributed by atoms with E-state index in [1.165, 1.54) is 24.4 Å². The minimum atomic E-state index is -0.858. The number of ether oxygens (including phenoxy) is 3. The van der Waals surface area contributed by atoms with Crippen molar-refractivity contribution in [1.29, 1.82) is 0 Å². The molecule has 124 valence electrons. The molecular weight excluding hydrogens is 316 g/mol. The van der Waals surface area contributed by atoms with Crippen molar-refractivity contribution >= 4 is 11.9 Å². The quantitative estimate of drug-likeness (QED) is 0.487. The van der Waals surface area contributed by atoms with Crippen molar-refractivity contribution < 1.29 is 28.5 Å². The van der Waals surface area contributed by atoms with E-state index in [0.717, 1.165) is 5.56 Å². The lowest BCUT2D eigenvalue weighted by molar-refractivity contribution is -0.608. The van der Waals surface area contributed by atoms with Gasteiger partial charge in [-0.25, -0.2) is 4.79 Å². The maximum Gasteiger partial charge on any atom is 0.405 e. The number of aromatic nitrogens is 1. The second kappa shape index (κ2) is 6.86. The smallest absolute Gasteiger partial charge is 0.405 e. The van der Waals surface area contributed by atoms with E-state index >= 15 is 0 Å². The molecule has 1 amide bonds. The molecule has 24 heavy (non-hydrogen) atoms. The molecule has 0 atom stereocenters. The van der Waals surface area contributed by atoms with Crippen LogP contribution < -0.4 is 19.5 Å². The zero-order chi connectivity index (χ0) is 16.9. The molecule has 1 aromatic carbocycles. The van der Waals surface area contributed by atoms with Crippen LogP contribution in [0.2, 0.25) is 0 Å². The molecule has 0 spiro atoms. The van der Waals surface area contributed by atoms with Crippen LogP contribution in [-0.4, -0.2) is 25.3 Å². The normalized spacial score (nSPS) is 11.8. The van der Waals surface area contributed by atoms with E-state index in [4.69, 9.17) is 14.2 Å². The van der Waals surface area contributed by atoms with Gasteiger partial charge in [-0.3, -0.25) is 4.79 Å². The van der Waals surface area contributed by atoms with Crippen LogP contribution in [0.25, 0.3) is 0 Å². The summed E-state index contributed by atoms with van der Waals surface area (Å²) in [5.74, 6) is -0.0525. The van der Waals surface area contributed by atoms with Gasteiger partial charge in [0.1, 0.15) is 0 Å². The first kappa shape index (κ1) is 15.6. The van der Waals surface area contributed by atoms with Crippen molar-refractivity contribution in [2.45, 2.75) is 6.54 Å². The van der Waals surface area contributed by atoms with Crippen molar-refractivity contribution in [2.24, 2.45) is 0 Å². The third-order valence-electron chi connectivity index (χ3n) is 3.29. The topological polar surface area (TPSA) is 101 Å². The van der Waals surface area contributed by atoms with E-state index in [1.807, 2.05) is 0 Å². The summed E-state index contributed by atoms with van der Waals surface area (Å²) in [6.45, 7) is -0.0432. The summed E-state index contributed by atoms with van der Waals surface area (Å²) in [4.78, 5) is 23.5. The lowest BCUT2D eigenvalue weighted by Gasteiger charge is -2.07. The number of amides is 1. The molecule has 0 fully saturated rings. The average Bonchev–Trinajstić information content (AvgIpc) is 3.06. The van der Waals surface area contributed by atoms with Gasteiger partial charge in [0.25, 0.3) is 5.91 Å². The Morgan fingerprint density at radius 2 is 2.04 bits per heavy atom. The fourth-order valence-corrected chi connectivity index (χ4v) is 2.09. The number of esters is 1. The molecule has 2 heterocycles. The van der Waals surface area contributed by atoms with Gasteiger partial charge in [0.2, 0.25) is 6.79 Å². The van der Waals surface area contributed by atoms with Crippen LogP contribution in [0.1, 0.15) is 16.1 Å². The standard InChI is InChI=1S/C16H14N2O6/c19-15(9-22-16(20)12-3-1-2-6-18(12)21)17-8-11-4-5-13-14(7-11)24-10-23-13/h1-7H,8-10H2,(H,17,19). The van der Waals surface area contributed by atoms with Gasteiger partial charge in [0.15, 0.2) is 24.3 Å².